The zero-order valence-electron chi connectivity index (χ0n) is 11.1. The number of H-pyrrole nitrogens is 1. The largest absolute Gasteiger partial charge is 0.345 e. The van der Waals surface area contributed by atoms with Crippen molar-refractivity contribution in [2.45, 2.75) is 6.54 Å². The predicted molar refractivity (Wildman–Crippen MR) is 76.1 cm³/mol. The van der Waals surface area contributed by atoms with Gasteiger partial charge >= 0.3 is 0 Å². The lowest BCUT2D eigenvalue weighted by atomic mass is 10.1. The molecule has 3 rings (SSSR count). The molecule has 2 aromatic heterocycles. The molecular formula is C15H14N4O. The monoisotopic (exact) mass is 266 g/mol. The second kappa shape index (κ2) is 5.13. The van der Waals surface area contributed by atoms with Crippen LogP contribution >= 0.6 is 0 Å². The molecule has 0 unspecified atom stereocenters. The summed E-state index contributed by atoms with van der Waals surface area (Å²) in [6.07, 6.45) is 5.11. The maximum Gasteiger partial charge on any atom is 0.253 e. The predicted octanol–water partition coefficient (Wildman–Crippen LogP) is 2.23. The molecule has 0 spiro atoms. The van der Waals surface area contributed by atoms with Crippen LogP contribution < -0.4 is 0 Å². The lowest BCUT2D eigenvalue weighted by Crippen LogP contribution is -2.26. The van der Waals surface area contributed by atoms with Crippen molar-refractivity contribution < 1.29 is 4.79 Å². The minimum atomic E-state index is -0.0228. The molecule has 20 heavy (non-hydrogen) atoms. The van der Waals surface area contributed by atoms with Gasteiger partial charge < -0.3 is 9.88 Å². The van der Waals surface area contributed by atoms with Crippen LogP contribution in [0.4, 0.5) is 0 Å². The van der Waals surface area contributed by atoms with Gasteiger partial charge in [-0.25, -0.2) is 4.98 Å². The van der Waals surface area contributed by atoms with Gasteiger partial charge in [-0.3, -0.25) is 9.78 Å². The van der Waals surface area contributed by atoms with Crippen molar-refractivity contribution in [1.29, 1.82) is 0 Å². The number of rotatable bonds is 3. The molecule has 1 amide bonds. The Hall–Kier alpha value is -2.69. The van der Waals surface area contributed by atoms with Crippen molar-refractivity contribution in [3.05, 3.63) is 60.2 Å². The van der Waals surface area contributed by atoms with Crippen molar-refractivity contribution in [3.63, 3.8) is 0 Å². The van der Waals surface area contributed by atoms with Gasteiger partial charge in [-0.2, -0.15) is 0 Å². The van der Waals surface area contributed by atoms with Crippen molar-refractivity contribution in [3.8, 4) is 0 Å². The molecule has 0 atom stereocenters. The summed E-state index contributed by atoms with van der Waals surface area (Å²) in [7, 11) is 1.78. The summed E-state index contributed by atoms with van der Waals surface area (Å²) in [4.78, 5) is 25.3. The standard InChI is InChI=1S/C15H14N4O/c1-19(9-11-3-2-6-16-8-11)15(20)12-4-5-13-14(7-12)18-10-17-13/h2-8,10H,9H2,1H3,(H,17,18). The van der Waals surface area contributed by atoms with E-state index in [4.69, 9.17) is 0 Å². The van der Waals surface area contributed by atoms with Gasteiger partial charge in [0.05, 0.1) is 17.4 Å². The number of pyridine rings is 1. The van der Waals surface area contributed by atoms with Crippen LogP contribution in [0.2, 0.25) is 0 Å². The molecule has 2 heterocycles. The lowest BCUT2D eigenvalue weighted by molar-refractivity contribution is 0.0785. The summed E-state index contributed by atoms with van der Waals surface area (Å²) in [5, 5.41) is 0. The number of hydrogen-bond donors (Lipinski definition) is 1. The Balaban J connectivity index is 1.80. The van der Waals surface area contributed by atoms with Crippen molar-refractivity contribution >= 4 is 16.9 Å². The van der Waals surface area contributed by atoms with Crippen LogP contribution in [-0.4, -0.2) is 32.8 Å². The van der Waals surface area contributed by atoms with E-state index in [1.807, 2.05) is 24.3 Å². The molecule has 5 nitrogen and oxygen atoms in total. The Kier molecular flexibility index (Phi) is 3.16. The van der Waals surface area contributed by atoms with Crippen LogP contribution in [0.1, 0.15) is 15.9 Å². The van der Waals surface area contributed by atoms with Gasteiger partial charge in [-0.15, -0.1) is 0 Å². The molecule has 0 aliphatic rings. The molecule has 0 saturated carbocycles. The number of aromatic nitrogens is 3. The maximum atomic E-state index is 12.4. The quantitative estimate of drug-likeness (QED) is 0.790. The first-order chi connectivity index (χ1) is 9.74. The first-order valence-corrected chi connectivity index (χ1v) is 6.31. The van der Waals surface area contributed by atoms with Gasteiger partial charge in [0.1, 0.15) is 0 Å². The zero-order chi connectivity index (χ0) is 13.9. The average Bonchev–Trinajstić information content (AvgIpc) is 2.94. The fourth-order valence-electron chi connectivity index (χ4n) is 2.13. The Morgan fingerprint density at radius 2 is 2.25 bits per heavy atom. The minimum absolute atomic E-state index is 0.0228. The van der Waals surface area contributed by atoms with Gasteiger partial charge in [0, 0.05) is 31.5 Å². The number of imidazole rings is 1. The van der Waals surface area contributed by atoms with E-state index in [0.717, 1.165) is 16.6 Å². The van der Waals surface area contributed by atoms with Crippen LogP contribution in [0.25, 0.3) is 11.0 Å². The van der Waals surface area contributed by atoms with Gasteiger partial charge in [0.2, 0.25) is 0 Å². The molecule has 0 fully saturated rings. The van der Waals surface area contributed by atoms with Crippen LogP contribution in [-0.2, 0) is 6.54 Å². The Labute approximate surface area is 116 Å². The van der Waals surface area contributed by atoms with E-state index in [1.54, 1.807) is 36.7 Å². The lowest BCUT2D eigenvalue weighted by Gasteiger charge is -2.17. The molecule has 1 aromatic carbocycles. The van der Waals surface area contributed by atoms with E-state index in [2.05, 4.69) is 15.0 Å². The van der Waals surface area contributed by atoms with E-state index >= 15 is 0 Å². The molecule has 0 saturated heterocycles. The number of carbonyl (C=O) groups is 1. The SMILES string of the molecule is CN(Cc1cccnc1)C(=O)c1ccc2nc[nH]c2c1. The molecule has 0 aliphatic heterocycles. The van der Waals surface area contributed by atoms with Crippen molar-refractivity contribution in [2.24, 2.45) is 0 Å². The smallest absolute Gasteiger partial charge is 0.253 e. The summed E-state index contributed by atoms with van der Waals surface area (Å²) in [5.41, 5.74) is 3.38. The number of nitrogens with zero attached hydrogens (tertiary/aromatic N) is 3. The Morgan fingerprint density at radius 3 is 3.05 bits per heavy atom. The van der Waals surface area contributed by atoms with Crippen molar-refractivity contribution in [2.75, 3.05) is 7.05 Å². The Morgan fingerprint density at radius 1 is 1.35 bits per heavy atom. The molecule has 5 heteroatoms. The molecule has 0 radical (unpaired) electrons. The Bertz CT molecular complexity index is 736. The van der Waals surface area contributed by atoms with E-state index in [-0.39, 0.29) is 5.91 Å². The fourth-order valence-corrected chi connectivity index (χ4v) is 2.13. The molecular weight excluding hydrogens is 252 g/mol. The third kappa shape index (κ3) is 2.38. The van der Waals surface area contributed by atoms with Gasteiger partial charge in [-0.1, -0.05) is 6.07 Å². The van der Waals surface area contributed by atoms with Gasteiger partial charge in [0.25, 0.3) is 5.91 Å². The summed E-state index contributed by atoms with van der Waals surface area (Å²) < 4.78 is 0. The number of aromatic amines is 1. The van der Waals surface area contributed by atoms with E-state index < -0.39 is 0 Å². The number of fused-ring (bicyclic) bond motifs is 1. The minimum Gasteiger partial charge on any atom is -0.345 e. The molecule has 0 aliphatic carbocycles. The molecule has 3 aromatic rings. The van der Waals surface area contributed by atoms with Crippen LogP contribution in [0.15, 0.2) is 49.1 Å². The molecule has 1 N–H and O–H groups in total. The number of benzene rings is 1. The topological polar surface area (TPSA) is 61.9 Å². The normalized spacial score (nSPS) is 10.7. The van der Waals surface area contributed by atoms with Crippen LogP contribution in [0, 0.1) is 0 Å². The van der Waals surface area contributed by atoms with Crippen molar-refractivity contribution in [1.82, 2.24) is 19.9 Å². The third-order valence-electron chi connectivity index (χ3n) is 3.16. The van der Waals surface area contributed by atoms with Gasteiger partial charge in [-0.05, 0) is 29.8 Å². The summed E-state index contributed by atoms with van der Waals surface area (Å²) >= 11 is 0. The van der Waals surface area contributed by atoms with E-state index in [0.29, 0.717) is 12.1 Å². The summed E-state index contributed by atoms with van der Waals surface area (Å²) in [5.74, 6) is -0.0228. The second-order valence-electron chi connectivity index (χ2n) is 4.66. The van der Waals surface area contributed by atoms with E-state index in [9.17, 15) is 4.79 Å². The van der Waals surface area contributed by atoms with E-state index in [1.165, 1.54) is 0 Å². The number of nitrogens with one attached hydrogen (secondary N) is 1. The number of carbonyl (C=O) groups excluding carboxylic acids is 1. The first-order valence-electron chi connectivity index (χ1n) is 6.31. The molecule has 100 valence electrons. The third-order valence-corrected chi connectivity index (χ3v) is 3.16. The average molecular weight is 266 g/mol. The highest BCUT2D eigenvalue weighted by Gasteiger charge is 2.13. The van der Waals surface area contributed by atoms with Gasteiger partial charge in [0.15, 0.2) is 0 Å². The highest BCUT2D eigenvalue weighted by molar-refractivity contribution is 5.97. The molecule has 0 bridgehead atoms. The maximum absolute atomic E-state index is 12.4. The highest BCUT2D eigenvalue weighted by atomic mass is 16.2. The fraction of sp³-hybridized carbons (Fsp3) is 0.133. The highest BCUT2D eigenvalue weighted by Crippen LogP contribution is 2.14. The van der Waals surface area contributed by atoms with Crippen LogP contribution in [0.3, 0.4) is 0 Å². The summed E-state index contributed by atoms with van der Waals surface area (Å²) in [6, 6.07) is 9.28. The first kappa shape index (κ1) is 12.3. The number of amides is 1. The zero-order valence-corrected chi connectivity index (χ0v) is 11.1. The van der Waals surface area contributed by atoms with Crippen LogP contribution in [0.5, 0.6) is 0 Å². The summed E-state index contributed by atoms with van der Waals surface area (Å²) in [6.45, 7) is 0.535. The number of hydrogen-bond acceptors (Lipinski definition) is 3. The second-order valence-corrected chi connectivity index (χ2v) is 4.66.